The van der Waals surface area contributed by atoms with E-state index in [1.54, 1.807) is 30.2 Å². The number of benzene rings is 2. The Kier molecular flexibility index (Phi) is 9.67. The molecule has 2 saturated heterocycles. The zero-order valence-corrected chi connectivity index (χ0v) is 25.8. The molecule has 5 rings (SSSR count). The molecule has 9 nitrogen and oxygen atoms in total. The third-order valence-corrected chi connectivity index (χ3v) is 11.4. The van der Waals surface area contributed by atoms with Crippen molar-refractivity contribution in [3.8, 4) is 0 Å². The number of hydrogen-bond donors (Lipinski definition) is 1. The van der Waals surface area contributed by atoms with Gasteiger partial charge in [0.1, 0.15) is 12.1 Å². The van der Waals surface area contributed by atoms with Crippen LogP contribution in [0.4, 0.5) is 0 Å². The number of rotatable bonds is 11. The Hall–Kier alpha value is -2.79. The molecular formula is C32H44N4O5S. The van der Waals surface area contributed by atoms with Gasteiger partial charge in [-0.05, 0) is 47.4 Å². The first kappa shape index (κ1) is 30.7. The number of nitrogens with one attached hydrogen (secondary N) is 1. The first-order valence-electron chi connectivity index (χ1n) is 15.2. The molecule has 42 heavy (non-hydrogen) atoms. The monoisotopic (exact) mass is 596 g/mol. The maximum Gasteiger partial charge on any atom is 0.246 e. The molecule has 2 amide bonds. The molecule has 10 heteroatoms. The number of ether oxygens (including phenoxy) is 1. The summed E-state index contributed by atoms with van der Waals surface area (Å²) in [6.07, 6.45) is 2.95. The number of methoxy groups -OCH3 is 1. The van der Waals surface area contributed by atoms with Crippen molar-refractivity contribution in [3.63, 3.8) is 0 Å². The highest BCUT2D eigenvalue weighted by atomic mass is 32.2. The second-order valence-electron chi connectivity index (χ2n) is 11.8. The van der Waals surface area contributed by atoms with Gasteiger partial charge in [-0.2, -0.15) is 4.31 Å². The van der Waals surface area contributed by atoms with E-state index in [2.05, 4.69) is 22.3 Å². The fraction of sp³-hybridized carbons (Fsp3) is 0.562. The molecule has 0 unspecified atom stereocenters. The lowest BCUT2D eigenvalue weighted by Gasteiger charge is -2.44. The topological polar surface area (TPSA) is 99.3 Å². The third kappa shape index (κ3) is 6.13. The van der Waals surface area contributed by atoms with Crippen molar-refractivity contribution in [1.29, 1.82) is 0 Å². The van der Waals surface area contributed by atoms with Crippen LogP contribution in [0.25, 0.3) is 0 Å². The minimum absolute atomic E-state index is 0.0281. The summed E-state index contributed by atoms with van der Waals surface area (Å²) >= 11 is 0. The number of carbonyl (C=O) groups is 2. The molecule has 2 aromatic carbocycles. The van der Waals surface area contributed by atoms with E-state index in [0.29, 0.717) is 38.3 Å². The van der Waals surface area contributed by atoms with Crippen molar-refractivity contribution in [1.82, 2.24) is 19.4 Å². The second kappa shape index (κ2) is 13.2. The van der Waals surface area contributed by atoms with Gasteiger partial charge < -0.3 is 15.0 Å². The zero-order chi connectivity index (χ0) is 29.9. The fourth-order valence-corrected chi connectivity index (χ4v) is 8.54. The third-order valence-electron chi connectivity index (χ3n) is 9.37. The predicted molar refractivity (Wildman–Crippen MR) is 161 cm³/mol. The van der Waals surface area contributed by atoms with E-state index in [0.717, 1.165) is 32.2 Å². The summed E-state index contributed by atoms with van der Waals surface area (Å²) in [6.45, 7) is 7.59. The number of carbonyl (C=O) groups excluding carboxylic acids is 2. The van der Waals surface area contributed by atoms with E-state index in [1.807, 2.05) is 32.0 Å². The number of fused-ring (bicyclic) bond motifs is 1. The Labute approximate surface area is 250 Å². The van der Waals surface area contributed by atoms with Crippen LogP contribution in [0.3, 0.4) is 0 Å². The Balaban J connectivity index is 1.42. The number of hydrogen-bond acceptors (Lipinski definition) is 6. The van der Waals surface area contributed by atoms with Gasteiger partial charge in [-0.15, -0.1) is 0 Å². The van der Waals surface area contributed by atoms with Gasteiger partial charge >= 0.3 is 0 Å². The highest BCUT2D eigenvalue weighted by molar-refractivity contribution is 7.89. The maximum atomic E-state index is 14.3. The minimum Gasteiger partial charge on any atom is -0.383 e. The molecule has 0 bridgehead atoms. The van der Waals surface area contributed by atoms with Crippen molar-refractivity contribution in [2.24, 2.45) is 11.8 Å². The highest BCUT2D eigenvalue weighted by Gasteiger charge is 2.47. The molecule has 228 valence electrons. The summed E-state index contributed by atoms with van der Waals surface area (Å²) < 4.78 is 34.6. The van der Waals surface area contributed by atoms with E-state index in [-0.39, 0.29) is 35.1 Å². The average molecular weight is 597 g/mol. The smallest absolute Gasteiger partial charge is 0.246 e. The number of sulfonamides is 1. The molecule has 0 radical (unpaired) electrons. The predicted octanol–water partition coefficient (Wildman–Crippen LogP) is 2.69. The Morgan fingerprint density at radius 3 is 2.17 bits per heavy atom. The van der Waals surface area contributed by atoms with E-state index >= 15 is 0 Å². The van der Waals surface area contributed by atoms with Gasteiger partial charge in [0.15, 0.2) is 0 Å². The van der Waals surface area contributed by atoms with Gasteiger partial charge in [0.25, 0.3) is 0 Å². The molecule has 2 fully saturated rings. The maximum absolute atomic E-state index is 14.3. The molecule has 1 N–H and O–H groups in total. The van der Waals surface area contributed by atoms with Crippen LogP contribution in [0.5, 0.6) is 0 Å². The molecule has 0 saturated carbocycles. The molecule has 2 atom stereocenters. The van der Waals surface area contributed by atoms with Gasteiger partial charge in [0.05, 0.1) is 11.5 Å². The molecular weight excluding hydrogens is 552 g/mol. The van der Waals surface area contributed by atoms with Gasteiger partial charge in [0, 0.05) is 46.4 Å². The van der Waals surface area contributed by atoms with Crippen LogP contribution in [-0.4, -0.2) is 92.9 Å². The normalized spacial score (nSPS) is 22.5. The summed E-state index contributed by atoms with van der Waals surface area (Å²) in [7, 11) is -2.13. The molecule has 0 aromatic heterocycles. The number of nitrogens with zero attached hydrogens (tertiary/aromatic N) is 3. The summed E-state index contributed by atoms with van der Waals surface area (Å²) in [4.78, 5) is 32.1. The van der Waals surface area contributed by atoms with Gasteiger partial charge in [-0.3, -0.25) is 14.5 Å². The van der Waals surface area contributed by atoms with Crippen molar-refractivity contribution >= 4 is 21.8 Å². The number of amides is 2. The Bertz CT molecular complexity index is 1350. The highest BCUT2D eigenvalue weighted by Crippen LogP contribution is 2.34. The quantitative estimate of drug-likeness (QED) is 0.429. The molecule has 1 aliphatic carbocycles. The lowest BCUT2D eigenvalue weighted by molar-refractivity contribution is -0.154. The SMILES string of the molecule is CCC(CC)[C@@H]1C(=O)N[C@H](C2Cc3ccccc3C2)C(=O)N1Cc1ccccc1S(=O)(=O)N1CCN(CCOC)CC1. The summed E-state index contributed by atoms with van der Waals surface area (Å²) in [5.74, 6) is -0.322. The van der Waals surface area contributed by atoms with Crippen molar-refractivity contribution in [2.45, 2.75) is 63.1 Å². The average Bonchev–Trinajstić information content (AvgIpc) is 3.44. The Morgan fingerprint density at radius 1 is 0.929 bits per heavy atom. The lowest BCUT2D eigenvalue weighted by atomic mass is 9.86. The second-order valence-corrected chi connectivity index (χ2v) is 13.7. The van der Waals surface area contributed by atoms with Crippen molar-refractivity contribution in [2.75, 3.05) is 46.4 Å². The van der Waals surface area contributed by atoms with Crippen LogP contribution in [0.15, 0.2) is 53.4 Å². The molecule has 2 aliphatic heterocycles. The Morgan fingerprint density at radius 2 is 1.55 bits per heavy atom. The van der Waals surface area contributed by atoms with Crippen molar-refractivity contribution < 1.29 is 22.7 Å². The summed E-state index contributed by atoms with van der Waals surface area (Å²) in [5.41, 5.74) is 2.99. The molecule has 0 spiro atoms. The van der Waals surface area contributed by atoms with E-state index in [1.165, 1.54) is 15.4 Å². The van der Waals surface area contributed by atoms with Crippen molar-refractivity contribution in [3.05, 3.63) is 65.2 Å². The largest absolute Gasteiger partial charge is 0.383 e. The first-order chi connectivity index (χ1) is 20.3. The van der Waals surface area contributed by atoms with Crippen LogP contribution in [0, 0.1) is 11.8 Å². The zero-order valence-electron chi connectivity index (χ0n) is 25.0. The van der Waals surface area contributed by atoms with Crippen LogP contribution >= 0.6 is 0 Å². The van der Waals surface area contributed by atoms with Crippen LogP contribution < -0.4 is 5.32 Å². The van der Waals surface area contributed by atoms with Gasteiger partial charge in [-0.1, -0.05) is 69.2 Å². The summed E-state index contributed by atoms with van der Waals surface area (Å²) in [5, 5.41) is 3.10. The fourth-order valence-electron chi connectivity index (χ4n) is 6.91. The van der Waals surface area contributed by atoms with E-state index < -0.39 is 22.1 Å². The molecule has 2 heterocycles. The van der Waals surface area contributed by atoms with Crippen LogP contribution in [0.1, 0.15) is 43.4 Å². The minimum atomic E-state index is -3.80. The van der Waals surface area contributed by atoms with Crippen LogP contribution in [-0.2, 0) is 43.7 Å². The number of piperazine rings is 2. The molecule has 3 aliphatic rings. The van der Waals surface area contributed by atoms with Gasteiger partial charge in [0.2, 0.25) is 21.8 Å². The van der Waals surface area contributed by atoms with Crippen LogP contribution in [0.2, 0.25) is 0 Å². The van der Waals surface area contributed by atoms with Gasteiger partial charge in [-0.25, -0.2) is 8.42 Å². The summed E-state index contributed by atoms with van der Waals surface area (Å²) in [6, 6.07) is 13.9. The molecule has 2 aromatic rings. The van der Waals surface area contributed by atoms with E-state index in [9.17, 15) is 18.0 Å². The standard InChI is InChI=1S/C32H44N4O5S/c1-4-23(5-2)30-31(37)33-29(27-20-24-10-6-7-11-25(24)21-27)32(38)36(30)22-26-12-8-9-13-28(26)42(39,40)35-16-14-34(15-17-35)18-19-41-3/h6-13,23,27,29-30H,4-5,14-22H2,1-3H3,(H,33,37)/t29-,30-/m1/s1. The lowest BCUT2D eigenvalue weighted by Crippen LogP contribution is -2.66. The van der Waals surface area contributed by atoms with E-state index in [4.69, 9.17) is 4.74 Å². The first-order valence-corrected chi connectivity index (χ1v) is 16.7.